The first-order valence-corrected chi connectivity index (χ1v) is 9.00. The van der Waals surface area contributed by atoms with Crippen molar-refractivity contribution in [2.24, 2.45) is 0 Å². The summed E-state index contributed by atoms with van der Waals surface area (Å²) in [6.45, 7) is 3.84. The molecule has 0 unspecified atom stereocenters. The molecular formula is C23H22N2O3. The molecule has 0 saturated heterocycles. The van der Waals surface area contributed by atoms with E-state index in [-0.39, 0.29) is 18.2 Å². The van der Waals surface area contributed by atoms with E-state index in [9.17, 15) is 9.59 Å². The number of ether oxygens (including phenoxy) is 1. The van der Waals surface area contributed by atoms with Gasteiger partial charge in [0.05, 0.1) is 0 Å². The zero-order valence-electron chi connectivity index (χ0n) is 15.9. The van der Waals surface area contributed by atoms with Crippen LogP contribution in [0.5, 0.6) is 11.5 Å². The Balaban J connectivity index is 1.53. The van der Waals surface area contributed by atoms with Crippen LogP contribution in [0.15, 0.2) is 72.8 Å². The van der Waals surface area contributed by atoms with Crippen molar-refractivity contribution in [1.29, 1.82) is 0 Å². The normalized spacial score (nSPS) is 10.2. The second kappa shape index (κ2) is 8.86. The van der Waals surface area contributed by atoms with Crippen LogP contribution in [0, 0.1) is 13.8 Å². The summed E-state index contributed by atoms with van der Waals surface area (Å²) in [5.41, 5.74) is 3.28. The number of para-hydroxylation sites is 2. The van der Waals surface area contributed by atoms with E-state index in [1.807, 2.05) is 62.4 Å². The Morgan fingerprint density at radius 1 is 0.714 bits per heavy atom. The summed E-state index contributed by atoms with van der Waals surface area (Å²) in [5, 5.41) is 5.54. The summed E-state index contributed by atoms with van der Waals surface area (Å²) >= 11 is 0. The fourth-order valence-electron chi connectivity index (χ4n) is 2.78. The highest BCUT2D eigenvalue weighted by atomic mass is 16.5. The first kappa shape index (κ1) is 19.2. The summed E-state index contributed by atoms with van der Waals surface area (Å²) < 4.78 is 5.71. The van der Waals surface area contributed by atoms with Gasteiger partial charge in [0.25, 0.3) is 0 Å². The minimum absolute atomic E-state index is 0.254. The predicted octanol–water partition coefficient (Wildman–Crippen LogP) is 5.06. The van der Waals surface area contributed by atoms with Crippen LogP contribution in [-0.2, 0) is 9.59 Å². The first-order valence-electron chi connectivity index (χ1n) is 9.00. The number of carbonyl (C=O) groups is 2. The number of benzene rings is 3. The van der Waals surface area contributed by atoms with Crippen molar-refractivity contribution in [2.45, 2.75) is 20.3 Å². The molecule has 0 aliphatic carbocycles. The van der Waals surface area contributed by atoms with Gasteiger partial charge in [-0.05, 0) is 61.4 Å². The molecule has 2 amide bonds. The third kappa shape index (κ3) is 5.20. The SMILES string of the molecule is Cc1cccc(C)c1NC(=O)CC(=O)Nc1ccc(Oc2ccccc2)cc1. The van der Waals surface area contributed by atoms with Gasteiger partial charge in [-0.2, -0.15) is 0 Å². The molecule has 0 aromatic heterocycles. The molecule has 2 N–H and O–H groups in total. The fraction of sp³-hybridized carbons (Fsp3) is 0.130. The van der Waals surface area contributed by atoms with Gasteiger partial charge >= 0.3 is 0 Å². The van der Waals surface area contributed by atoms with Crippen LogP contribution in [0.3, 0.4) is 0 Å². The van der Waals surface area contributed by atoms with Gasteiger partial charge in [-0.1, -0.05) is 36.4 Å². The number of anilines is 2. The summed E-state index contributed by atoms with van der Waals surface area (Å²) in [7, 11) is 0. The van der Waals surface area contributed by atoms with Crippen LogP contribution >= 0.6 is 0 Å². The van der Waals surface area contributed by atoms with Crippen LogP contribution in [0.4, 0.5) is 11.4 Å². The standard InChI is InChI=1S/C23H22N2O3/c1-16-7-6-8-17(2)23(16)25-22(27)15-21(26)24-18-11-13-20(14-12-18)28-19-9-4-3-5-10-19/h3-14H,15H2,1-2H3,(H,24,26)(H,25,27). The predicted molar refractivity (Wildman–Crippen MR) is 111 cm³/mol. The second-order valence-electron chi connectivity index (χ2n) is 6.48. The van der Waals surface area contributed by atoms with Gasteiger partial charge in [0.15, 0.2) is 0 Å². The van der Waals surface area contributed by atoms with Gasteiger partial charge in [0.1, 0.15) is 17.9 Å². The molecule has 0 fully saturated rings. The molecular weight excluding hydrogens is 352 g/mol. The first-order chi connectivity index (χ1) is 13.5. The van der Waals surface area contributed by atoms with Crippen molar-refractivity contribution in [3.05, 3.63) is 83.9 Å². The summed E-state index contributed by atoms with van der Waals surface area (Å²) in [6.07, 6.45) is -0.254. The lowest BCUT2D eigenvalue weighted by Crippen LogP contribution is -2.22. The monoisotopic (exact) mass is 374 g/mol. The van der Waals surface area contributed by atoms with Crippen molar-refractivity contribution in [3.8, 4) is 11.5 Å². The minimum Gasteiger partial charge on any atom is -0.457 e. The van der Waals surface area contributed by atoms with Gasteiger partial charge in [0, 0.05) is 11.4 Å². The smallest absolute Gasteiger partial charge is 0.233 e. The molecule has 28 heavy (non-hydrogen) atoms. The molecule has 0 aliphatic heterocycles. The highest BCUT2D eigenvalue weighted by molar-refractivity contribution is 6.08. The Morgan fingerprint density at radius 2 is 1.29 bits per heavy atom. The fourth-order valence-corrected chi connectivity index (χ4v) is 2.78. The quantitative estimate of drug-likeness (QED) is 0.593. The third-order valence-electron chi connectivity index (χ3n) is 4.18. The van der Waals surface area contributed by atoms with Crippen molar-refractivity contribution < 1.29 is 14.3 Å². The van der Waals surface area contributed by atoms with Gasteiger partial charge in [-0.15, -0.1) is 0 Å². The maximum absolute atomic E-state index is 12.2. The van der Waals surface area contributed by atoms with Crippen LogP contribution in [0.25, 0.3) is 0 Å². The van der Waals surface area contributed by atoms with E-state index in [0.29, 0.717) is 11.4 Å². The summed E-state index contributed by atoms with van der Waals surface area (Å²) in [5.74, 6) is 0.679. The average Bonchev–Trinajstić information content (AvgIpc) is 2.67. The van der Waals surface area contributed by atoms with Gasteiger partial charge < -0.3 is 15.4 Å². The maximum atomic E-state index is 12.2. The largest absolute Gasteiger partial charge is 0.457 e. The average molecular weight is 374 g/mol. The Morgan fingerprint density at radius 3 is 1.93 bits per heavy atom. The molecule has 0 heterocycles. The summed E-state index contributed by atoms with van der Waals surface area (Å²) in [4.78, 5) is 24.3. The molecule has 0 bridgehead atoms. The molecule has 0 atom stereocenters. The van der Waals surface area contributed by atoms with Crippen LogP contribution in [-0.4, -0.2) is 11.8 Å². The topological polar surface area (TPSA) is 67.4 Å². The van der Waals surface area contributed by atoms with E-state index in [4.69, 9.17) is 4.74 Å². The van der Waals surface area contributed by atoms with E-state index < -0.39 is 0 Å². The zero-order chi connectivity index (χ0) is 19.9. The second-order valence-corrected chi connectivity index (χ2v) is 6.48. The molecule has 0 saturated carbocycles. The number of carbonyl (C=O) groups excluding carboxylic acids is 2. The molecule has 0 aliphatic rings. The number of hydrogen-bond donors (Lipinski definition) is 2. The van der Waals surface area contributed by atoms with E-state index in [0.717, 1.165) is 22.6 Å². The Bertz CT molecular complexity index is 947. The van der Waals surface area contributed by atoms with Crippen LogP contribution in [0.1, 0.15) is 17.5 Å². The highest BCUT2D eigenvalue weighted by Crippen LogP contribution is 2.23. The molecule has 0 spiro atoms. The van der Waals surface area contributed by atoms with Gasteiger partial charge in [-0.25, -0.2) is 0 Å². The van der Waals surface area contributed by atoms with Crippen LogP contribution in [0.2, 0.25) is 0 Å². The molecule has 0 radical (unpaired) electrons. The van der Waals surface area contributed by atoms with E-state index >= 15 is 0 Å². The highest BCUT2D eigenvalue weighted by Gasteiger charge is 2.12. The van der Waals surface area contributed by atoms with Crippen LogP contribution < -0.4 is 15.4 Å². The number of aryl methyl sites for hydroxylation is 2. The summed E-state index contributed by atoms with van der Waals surface area (Å²) in [6, 6.07) is 22.2. The molecule has 3 rings (SSSR count). The lowest BCUT2D eigenvalue weighted by molar-refractivity contribution is -0.123. The molecule has 5 heteroatoms. The maximum Gasteiger partial charge on any atom is 0.233 e. The Hall–Kier alpha value is -3.60. The third-order valence-corrected chi connectivity index (χ3v) is 4.18. The van der Waals surface area contributed by atoms with Crippen molar-refractivity contribution in [3.63, 3.8) is 0 Å². The number of hydrogen-bond acceptors (Lipinski definition) is 3. The lowest BCUT2D eigenvalue weighted by Gasteiger charge is -2.11. The molecule has 3 aromatic rings. The van der Waals surface area contributed by atoms with E-state index in [2.05, 4.69) is 10.6 Å². The lowest BCUT2D eigenvalue weighted by atomic mass is 10.1. The van der Waals surface area contributed by atoms with Gasteiger partial charge in [-0.3, -0.25) is 9.59 Å². The van der Waals surface area contributed by atoms with Crippen molar-refractivity contribution in [1.82, 2.24) is 0 Å². The van der Waals surface area contributed by atoms with E-state index in [1.165, 1.54) is 0 Å². The van der Waals surface area contributed by atoms with E-state index in [1.54, 1.807) is 24.3 Å². The molecule has 3 aromatic carbocycles. The zero-order valence-corrected chi connectivity index (χ0v) is 15.9. The number of rotatable bonds is 6. The number of nitrogens with one attached hydrogen (secondary N) is 2. The Kier molecular flexibility index (Phi) is 6.07. The molecule has 142 valence electrons. The van der Waals surface area contributed by atoms with Crippen molar-refractivity contribution >= 4 is 23.2 Å². The van der Waals surface area contributed by atoms with Crippen molar-refractivity contribution in [2.75, 3.05) is 10.6 Å². The minimum atomic E-state index is -0.375. The number of amides is 2. The molecule has 5 nitrogen and oxygen atoms in total. The Labute approximate surface area is 164 Å². The van der Waals surface area contributed by atoms with Gasteiger partial charge in [0.2, 0.25) is 11.8 Å².